The molecule has 0 unspecified atom stereocenters. The van der Waals surface area contributed by atoms with Crippen LogP contribution in [0.4, 0.5) is 10.3 Å². The molecule has 1 atom stereocenters. The summed E-state index contributed by atoms with van der Waals surface area (Å²) in [7, 11) is 0. The van der Waals surface area contributed by atoms with Gasteiger partial charge in [-0.05, 0) is 42.7 Å². The number of hydrogen-bond donors (Lipinski definition) is 1. The quantitative estimate of drug-likeness (QED) is 0.747. The highest BCUT2D eigenvalue weighted by atomic mass is 35.5. The van der Waals surface area contributed by atoms with E-state index in [4.69, 9.17) is 11.6 Å². The molecule has 1 aromatic carbocycles. The standard InChI is InChI=1S/C19H19ClFN5O/c20-15-5-8-17-23-24-19(26(17)12-15)25-9-1-2-14(11-25)18(27)22-10-13-3-6-16(21)7-4-13/h3-8,12,14H,1-2,9-11H2,(H,22,27)/t14-/m1/s1. The Labute approximate surface area is 161 Å². The molecule has 1 amide bonds. The molecule has 1 aliphatic heterocycles. The fourth-order valence-corrected chi connectivity index (χ4v) is 3.54. The summed E-state index contributed by atoms with van der Waals surface area (Å²) >= 11 is 6.09. The summed E-state index contributed by atoms with van der Waals surface area (Å²) in [6.45, 7) is 1.77. The van der Waals surface area contributed by atoms with Gasteiger partial charge in [-0.2, -0.15) is 0 Å². The Bertz CT molecular complexity index is 958. The fourth-order valence-electron chi connectivity index (χ4n) is 3.38. The molecule has 1 saturated heterocycles. The number of fused-ring (bicyclic) bond motifs is 1. The molecule has 3 heterocycles. The molecule has 27 heavy (non-hydrogen) atoms. The third-order valence-corrected chi connectivity index (χ3v) is 5.03. The van der Waals surface area contributed by atoms with Crippen LogP contribution < -0.4 is 10.2 Å². The number of carbonyl (C=O) groups is 1. The molecule has 0 aliphatic carbocycles. The SMILES string of the molecule is O=C(NCc1ccc(F)cc1)[C@@H]1CCCN(c2nnc3ccc(Cl)cn23)C1. The lowest BCUT2D eigenvalue weighted by Crippen LogP contribution is -2.43. The minimum Gasteiger partial charge on any atom is -0.352 e. The molecule has 8 heteroatoms. The van der Waals surface area contributed by atoms with Crippen LogP contribution >= 0.6 is 11.6 Å². The third kappa shape index (κ3) is 3.88. The van der Waals surface area contributed by atoms with E-state index in [0.29, 0.717) is 24.1 Å². The normalized spacial score (nSPS) is 17.3. The molecule has 3 aromatic rings. The highest BCUT2D eigenvalue weighted by molar-refractivity contribution is 6.30. The van der Waals surface area contributed by atoms with Crippen molar-refractivity contribution < 1.29 is 9.18 Å². The number of carbonyl (C=O) groups excluding carboxylic acids is 1. The Hall–Kier alpha value is -2.67. The van der Waals surface area contributed by atoms with E-state index >= 15 is 0 Å². The highest BCUT2D eigenvalue weighted by Crippen LogP contribution is 2.23. The van der Waals surface area contributed by atoms with Crippen molar-refractivity contribution in [2.75, 3.05) is 18.0 Å². The lowest BCUT2D eigenvalue weighted by molar-refractivity contribution is -0.125. The topological polar surface area (TPSA) is 62.5 Å². The molecule has 140 valence electrons. The van der Waals surface area contributed by atoms with Gasteiger partial charge in [0.2, 0.25) is 11.9 Å². The zero-order valence-electron chi connectivity index (χ0n) is 14.6. The monoisotopic (exact) mass is 387 g/mol. The van der Waals surface area contributed by atoms with Crippen molar-refractivity contribution in [2.24, 2.45) is 5.92 Å². The largest absolute Gasteiger partial charge is 0.352 e. The van der Waals surface area contributed by atoms with E-state index in [-0.39, 0.29) is 17.6 Å². The van der Waals surface area contributed by atoms with Crippen LogP contribution in [0.1, 0.15) is 18.4 Å². The number of halogens is 2. The Morgan fingerprint density at radius 3 is 2.85 bits per heavy atom. The van der Waals surface area contributed by atoms with Gasteiger partial charge in [0.25, 0.3) is 0 Å². The first-order valence-electron chi connectivity index (χ1n) is 8.87. The Morgan fingerprint density at radius 2 is 2.04 bits per heavy atom. The summed E-state index contributed by atoms with van der Waals surface area (Å²) in [5, 5.41) is 12.0. The van der Waals surface area contributed by atoms with Gasteiger partial charge in [-0.25, -0.2) is 4.39 Å². The Balaban J connectivity index is 1.43. The van der Waals surface area contributed by atoms with E-state index in [1.165, 1.54) is 12.1 Å². The van der Waals surface area contributed by atoms with Gasteiger partial charge < -0.3 is 10.2 Å². The van der Waals surface area contributed by atoms with Crippen LogP contribution in [0.15, 0.2) is 42.6 Å². The van der Waals surface area contributed by atoms with Crippen LogP contribution in [0.3, 0.4) is 0 Å². The van der Waals surface area contributed by atoms with E-state index < -0.39 is 0 Å². The maximum absolute atomic E-state index is 13.0. The van der Waals surface area contributed by atoms with E-state index in [9.17, 15) is 9.18 Å². The minimum absolute atomic E-state index is 0.00382. The molecular formula is C19H19ClFN5O. The second-order valence-corrected chi connectivity index (χ2v) is 7.14. The summed E-state index contributed by atoms with van der Waals surface area (Å²) in [4.78, 5) is 14.7. The van der Waals surface area contributed by atoms with Crippen LogP contribution in [0.2, 0.25) is 5.02 Å². The van der Waals surface area contributed by atoms with E-state index in [1.807, 2.05) is 10.5 Å². The van der Waals surface area contributed by atoms with Crippen molar-refractivity contribution in [1.29, 1.82) is 0 Å². The van der Waals surface area contributed by atoms with Gasteiger partial charge in [-0.1, -0.05) is 23.7 Å². The number of aromatic nitrogens is 3. The molecule has 2 aromatic heterocycles. The van der Waals surface area contributed by atoms with Crippen molar-refractivity contribution >= 4 is 29.1 Å². The first-order valence-corrected chi connectivity index (χ1v) is 9.25. The van der Waals surface area contributed by atoms with Crippen molar-refractivity contribution in [2.45, 2.75) is 19.4 Å². The molecule has 0 bridgehead atoms. The number of piperidine rings is 1. The summed E-state index contributed by atoms with van der Waals surface area (Å²) in [5.41, 5.74) is 1.59. The van der Waals surface area contributed by atoms with E-state index in [1.54, 1.807) is 24.4 Å². The molecule has 4 rings (SSSR count). The van der Waals surface area contributed by atoms with E-state index in [2.05, 4.69) is 20.4 Å². The summed E-state index contributed by atoms with van der Waals surface area (Å²) < 4.78 is 14.8. The molecule has 1 aliphatic rings. The predicted molar refractivity (Wildman–Crippen MR) is 101 cm³/mol. The summed E-state index contributed by atoms with van der Waals surface area (Å²) in [6.07, 6.45) is 3.50. The first kappa shape index (κ1) is 17.7. The maximum atomic E-state index is 13.0. The lowest BCUT2D eigenvalue weighted by Gasteiger charge is -2.32. The van der Waals surface area contributed by atoms with Crippen molar-refractivity contribution in [3.05, 3.63) is 59.0 Å². The van der Waals surface area contributed by atoms with Gasteiger partial charge in [0.15, 0.2) is 5.65 Å². The number of amides is 1. The second kappa shape index (κ2) is 7.52. The Kier molecular flexibility index (Phi) is 4.94. The Morgan fingerprint density at radius 1 is 1.22 bits per heavy atom. The number of pyridine rings is 1. The van der Waals surface area contributed by atoms with Crippen molar-refractivity contribution in [1.82, 2.24) is 19.9 Å². The number of benzene rings is 1. The number of nitrogens with zero attached hydrogens (tertiary/aromatic N) is 4. The number of nitrogens with one attached hydrogen (secondary N) is 1. The van der Waals surface area contributed by atoms with Crippen molar-refractivity contribution in [3.8, 4) is 0 Å². The molecule has 1 N–H and O–H groups in total. The zero-order valence-corrected chi connectivity index (χ0v) is 15.4. The lowest BCUT2D eigenvalue weighted by atomic mass is 9.97. The molecular weight excluding hydrogens is 369 g/mol. The highest BCUT2D eigenvalue weighted by Gasteiger charge is 2.28. The summed E-state index contributed by atoms with van der Waals surface area (Å²) in [6, 6.07) is 9.73. The van der Waals surface area contributed by atoms with Crippen molar-refractivity contribution in [3.63, 3.8) is 0 Å². The third-order valence-electron chi connectivity index (χ3n) is 4.80. The van der Waals surface area contributed by atoms with E-state index in [0.717, 1.165) is 30.6 Å². The molecule has 1 fully saturated rings. The van der Waals surface area contributed by atoms with Gasteiger partial charge in [0.1, 0.15) is 5.82 Å². The maximum Gasteiger partial charge on any atom is 0.231 e. The van der Waals surface area contributed by atoms with Gasteiger partial charge >= 0.3 is 0 Å². The van der Waals surface area contributed by atoms with Gasteiger partial charge in [-0.15, -0.1) is 10.2 Å². The van der Waals surface area contributed by atoms with Gasteiger partial charge in [0.05, 0.1) is 10.9 Å². The van der Waals surface area contributed by atoms with Crippen LogP contribution in [-0.4, -0.2) is 33.6 Å². The predicted octanol–water partition coefficient (Wildman–Crippen LogP) is 3.05. The first-order chi connectivity index (χ1) is 13.1. The second-order valence-electron chi connectivity index (χ2n) is 6.70. The molecule has 0 spiro atoms. The molecule has 0 radical (unpaired) electrons. The smallest absolute Gasteiger partial charge is 0.231 e. The zero-order chi connectivity index (χ0) is 18.8. The number of anilines is 1. The number of hydrogen-bond acceptors (Lipinski definition) is 4. The van der Waals surface area contributed by atoms with Gasteiger partial charge in [0, 0.05) is 25.8 Å². The molecule has 6 nitrogen and oxygen atoms in total. The van der Waals surface area contributed by atoms with Gasteiger partial charge in [-0.3, -0.25) is 9.20 Å². The van der Waals surface area contributed by atoms with Crippen LogP contribution in [0.25, 0.3) is 5.65 Å². The van der Waals surface area contributed by atoms with Crippen LogP contribution in [-0.2, 0) is 11.3 Å². The molecule has 0 saturated carbocycles. The summed E-state index contributed by atoms with van der Waals surface area (Å²) in [5.74, 6) is 0.277. The average molecular weight is 388 g/mol. The minimum atomic E-state index is -0.284. The number of rotatable bonds is 4. The van der Waals surface area contributed by atoms with Crippen LogP contribution in [0.5, 0.6) is 0 Å². The van der Waals surface area contributed by atoms with Crippen LogP contribution in [0, 0.1) is 11.7 Å². The average Bonchev–Trinajstić information content (AvgIpc) is 3.10. The fraction of sp³-hybridized carbons (Fsp3) is 0.316.